The summed E-state index contributed by atoms with van der Waals surface area (Å²) in [4.78, 5) is 19.7. The van der Waals surface area contributed by atoms with Crippen LogP contribution in [-0.2, 0) is 4.74 Å². The maximum Gasteiger partial charge on any atom is 0.200 e. The SMILES string of the molecule is O=C(CCCCC1CCOCC1)c1ncccn1. The van der Waals surface area contributed by atoms with Gasteiger partial charge in [-0.15, -0.1) is 0 Å². The van der Waals surface area contributed by atoms with Gasteiger partial charge in [0.2, 0.25) is 0 Å². The van der Waals surface area contributed by atoms with Crippen LogP contribution in [0.3, 0.4) is 0 Å². The Kier molecular flexibility index (Phi) is 5.27. The van der Waals surface area contributed by atoms with Gasteiger partial charge in [0.25, 0.3) is 0 Å². The van der Waals surface area contributed by atoms with Crippen molar-refractivity contribution in [3.05, 3.63) is 24.3 Å². The lowest BCUT2D eigenvalue weighted by Gasteiger charge is -2.21. The molecule has 1 aromatic heterocycles. The van der Waals surface area contributed by atoms with Crippen LogP contribution in [0.1, 0.15) is 49.1 Å². The van der Waals surface area contributed by atoms with Crippen LogP contribution in [0.15, 0.2) is 18.5 Å². The predicted molar refractivity (Wildman–Crippen MR) is 68.4 cm³/mol. The number of unbranched alkanes of at least 4 members (excludes halogenated alkanes) is 1. The molecule has 1 aliphatic heterocycles. The van der Waals surface area contributed by atoms with Gasteiger partial charge in [0.15, 0.2) is 11.6 Å². The van der Waals surface area contributed by atoms with Crippen molar-refractivity contribution in [1.82, 2.24) is 9.97 Å². The molecule has 0 aromatic carbocycles. The Hall–Kier alpha value is -1.29. The molecule has 1 saturated heterocycles. The van der Waals surface area contributed by atoms with Gasteiger partial charge < -0.3 is 4.74 Å². The van der Waals surface area contributed by atoms with Gasteiger partial charge >= 0.3 is 0 Å². The fourth-order valence-corrected chi connectivity index (χ4v) is 2.31. The molecule has 0 unspecified atom stereocenters. The van der Waals surface area contributed by atoms with E-state index in [-0.39, 0.29) is 5.78 Å². The van der Waals surface area contributed by atoms with Crippen LogP contribution in [0, 0.1) is 5.92 Å². The second-order valence-electron chi connectivity index (χ2n) is 4.80. The van der Waals surface area contributed by atoms with E-state index < -0.39 is 0 Å². The highest BCUT2D eigenvalue weighted by Crippen LogP contribution is 2.21. The third-order valence-corrected chi connectivity index (χ3v) is 3.42. The highest BCUT2D eigenvalue weighted by molar-refractivity contribution is 5.92. The normalized spacial score (nSPS) is 16.7. The predicted octanol–water partition coefficient (Wildman–Crippen LogP) is 2.65. The van der Waals surface area contributed by atoms with Gasteiger partial charge in [-0.25, -0.2) is 9.97 Å². The maximum atomic E-state index is 11.8. The second-order valence-corrected chi connectivity index (χ2v) is 4.80. The Bertz CT molecular complexity index is 361. The minimum absolute atomic E-state index is 0.0579. The highest BCUT2D eigenvalue weighted by atomic mass is 16.5. The van der Waals surface area contributed by atoms with Crippen molar-refractivity contribution in [3.8, 4) is 0 Å². The lowest BCUT2D eigenvalue weighted by atomic mass is 9.93. The van der Waals surface area contributed by atoms with E-state index in [4.69, 9.17) is 4.74 Å². The molecule has 1 aliphatic rings. The van der Waals surface area contributed by atoms with Crippen molar-refractivity contribution >= 4 is 5.78 Å². The molecular weight excluding hydrogens is 228 g/mol. The summed E-state index contributed by atoms with van der Waals surface area (Å²) in [5, 5.41) is 0. The third-order valence-electron chi connectivity index (χ3n) is 3.42. The summed E-state index contributed by atoms with van der Waals surface area (Å²) in [6.07, 6.45) is 9.41. The van der Waals surface area contributed by atoms with Crippen LogP contribution in [-0.4, -0.2) is 29.0 Å². The van der Waals surface area contributed by atoms with E-state index in [1.807, 2.05) is 0 Å². The number of hydrogen-bond donors (Lipinski definition) is 0. The Labute approximate surface area is 108 Å². The summed E-state index contributed by atoms with van der Waals surface area (Å²) in [5.74, 6) is 1.20. The number of carbonyl (C=O) groups is 1. The molecule has 1 aromatic rings. The highest BCUT2D eigenvalue weighted by Gasteiger charge is 2.14. The lowest BCUT2D eigenvalue weighted by Crippen LogP contribution is -2.15. The molecular formula is C14H20N2O2. The Morgan fingerprint density at radius 1 is 1.22 bits per heavy atom. The van der Waals surface area contributed by atoms with E-state index in [0.717, 1.165) is 32.0 Å². The molecule has 0 N–H and O–H groups in total. The monoisotopic (exact) mass is 248 g/mol. The molecule has 2 rings (SSSR count). The summed E-state index contributed by atoms with van der Waals surface area (Å²) in [7, 11) is 0. The standard InChI is InChI=1S/C14H20N2O2/c17-13(14-15-8-3-9-16-14)5-2-1-4-12-6-10-18-11-7-12/h3,8-9,12H,1-2,4-7,10-11H2. The van der Waals surface area contributed by atoms with Crippen LogP contribution in [0.5, 0.6) is 0 Å². The first kappa shape index (κ1) is 13.1. The van der Waals surface area contributed by atoms with Crippen LogP contribution in [0.4, 0.5) is 0 Å². The summed E-state index contributed by atoms with van der Waals surface area (Å²) >= 11 is 0. The Morgan fingerprint density at radius 3 is 2.67 bits per heavy atom. The summed E-state index contributed by atoms with van der Waals surface area (Å²) in [6.45, 7) is 1.81. The van der Waals surface area contributed by atoms with Crippen molar-refractivity contribution in [1.29, 1.82) is 0 Å². The zero-order valence-corrected chi connectivity index (χ0v) is 10.7. The van der Waals surface area contributed by atoms with E-state index >= 15 is 0 Å². The van der Waals surface area contributed by atoms with E-state index in [1.165, 1.54) is 19.3 Å². The van der Waals surface area contributed by atoms with Gasteiger partial charge in [-0.1, -0.05) is 12.8 Å². The van der Waals surface area contributed by atoms with Gasteiger partial charge in [-0.2, -0.15) is 0 Å². The van der Waals surface area contributed by atoms with Gasteiger partial charge in [-0.3, -0.25) is 4.79 Å². The first-order valence-corrected chi connectivity index (χ1v) is 6.74. The minimum Gasteiger partial charge on any atom is -0.381 e. The molecule has 2 heterocycles. The van der Waals surface area contributed by atoms with Gasteiger partial charge in [0.1, 0.15) is 0 Å². The number of carbonyl (C=O) groups excluding carboxylic acids is 1. The number of aromatic nitrogens is 2. The maximum absolute atomic E-state index is 11.8. The molecule has 4 heteroatoms. The van der Waals surface area contributed by atoms with Crippen molar-refractivity contribution in [2.75, 3.05) is 13.2 Å². The summed E-state index contributed by atoms with van der Waals surface area (Å²) in [6, 6.07) is 1.72. The number of nitrogens with zero attached hydrogens (tertiary/aromatic N) is 2. The largest absolute Gasteiger partial charge is 0.381 e. The fraction of sp³-hybridized carbons (Fsp3) is 0.643. The number of ketones is 1. The van der Waals surface area contributed by atoms with Crippen LogP contribution >= 0.6 is 0 Å². The quantitative estimate of drug-likeness (QED) is 0.573. The first-order valence-electron chi connectivity index (χ1n) is 6.74. The molecule has 0 amide bonds. The molecule has 0 saturated carbocycles. The number of rotatable bonds is 6. The molecule has 0 atom stereocenters. The number of Topliss-reactive ketones (excluding diaryl/α,β-unsaturated/α-hetero) is 1. The first-order chi connectivity index (χ1) is 8.86. The average Bonchev–Trinajstić information content (AvgIpc) is 2.45. The molecule has 0 radical (unpaired) electrons. The zero-order chi connectivity index (χ0) is 12.6. The molecule has 18 heavy (non-hydrogen) atoms. The van der Waals surface area contributed by atoms with Gasteiger partial charge in [0.05, 0.1) is 0 Å². The second kappa shape index (κ2) is 7.21. The Morgan fingerprint density at radius 2 is 1.94 bits per heavy atom. The average molecular weight is 248 g/mol. The Balaban J connectivity index is 1.62. The molecule has 4 nitrogen and oxygen atoms in total. The molecule has 1 fully saturated rings. The van der Waals surface area contributed by atoms with Crippen molar-refractivity contribution < 1.29 is 9.53 Å². The smallest absolute Gasteiger partial charge is 0.200 e. The summed E-state index contributed by atoms with van der Waals surface area (Å²) < 4.78 is 5.33. The molecule has 98 valence electrons. The van der Waals surface area contributed by atoms with Gasteiger partial charge in [0, 0.05) is 32.0 Å². The van der Waals surface area contributed by atoms with E-state index in [9.17, 15) is 4.79 Å². The van der Waals surface area contributed by atoms with Gasteiger partial charge in [-0.05, 0) is 31.2 Å². The number of hydrogen-bond acceptors (Lipinski definition) is 4. The molecule has 0 spiro atoms. The molecule has 0 bridgehead atoms. The van der Waals surface area contributed by atoms with Crippen molar-refractivity contribution in [2.45, 2.75) is 38.5 Å². The van der Waals surface area contributed by atoms with Crippen LogP contribution in [0.2, 0.25) is 0 Å². The topological polar surface area (TPSA) is 52.1 Å². The number of ether oxygens (including phenoxy) is 1. The van der Waals surface area contributed by atoms with Crippen LogP contribution < -0.4 is 0 Å². The van der Waals surface area contributed by atoms with Crippen molar-refractivity contribution in [2.24, 2.45) is 5.92 Å². The third kappa shape index (κ3) is 4.18. The van der Waals surface area contributed by atoms with E-state index in [2.05, 4.69) is 9.97 Å². The molecule has 0 aliphatic carbocycles. The van der Waals surface area contributed by atoms with E-state index in [0.29, 0.717) is 12.2 Å². The lowest BCUT2D eigenvalue weighted by molar-refractivity contribution is 0.0630. The van der Waals surface area contributed by atoms with Crippen molar-refractivity contribution in [3.63, 3.8) is 0 Å². The van der Waals surface area contributed by atoms with Crippen LogP contribution in [0.25, 0.3) is 0 Å². The minimum atomic E-state index is 0.0579. The summed E-state index contributed by atoms with van der Waals surface area (Å²) in [5.41, 5.74) is 0. The van der Waals surface area contributed by atoms with E-state index in [1.54, 1.807) is 18.5 Å². The fourth-order valence-electron chi connectivity index (χ4n) is 2.31. The zero-order valence-electron chi connectivity index (χ0n) is 10.7.